The van der Waals surface area contributed by atoms with Gasteiger partial charge in [-0.25, -0.2) is 22.9 Å². The molecule has 1 atom stereocenters. The molecular formula is C22H25N3O5S. The second-order valence-electron chi connectivity index (χ2n) is 8.02. The maximum absolute atomic E-state index is 12.7. The largest absolute Gasteiger partial charge is 0.497 e. The van der Waals surface area contributed by atoms with E-state index in [1.165, 1.54) is 7.11 Å². The summed E-state index contributed by atoms with van der Waals surface area (Å²) in [6.45, 7) is 3.97. The van der Waals surface area contributed by atoms with Crippen LogP contribution in [0.3, 0.4) is 0 Å². The SMILES string of the molecule is COC(=O)c1cc(C(C)C)nc2c1c(-c1ccc(OC)cc1)nn2C1CCS(=O)(=O)C1. The average molecular weight is 444 g/mol. The highest BCUT2D eigenvalue weighted by Crippen LogP contribution is 2.36. The Hall–Kier alpha value is -2.94. The molecule has 0 radical (unpaired) electrons. The second kappa shape index (κ2) is 7.96. The van der Waals surface area contributed by atoms with Crippen molar-refractivity contribution < 1.29 is 22.7 Å². The zero-order valence-electron chi connectivity index (χ0n) is 18.0. The lowest BCUT2D eigenvalue weighted by atomic mass is 10.0. The molecule has 1 aliphatic rings. The predicted octanol–water partition coefficient (Wildman–Crippen LogP) is 3.38. The number of hydrogen-bond acceptors (Lipinski definition) is 7. The fraction of sp³-hybridized carbons (Fsp3) is 0.409. The van der Waals surface area contributed by atoms with Crippen molar-refractivity contribution in [1.29, 1.82) is 0 Å². The molecule has 3 aromatic rings. The Morgan fingerprint density at radius 2 is 1.90 bits per heavy atom. The van der Waals surface area contributed by atoms with Gasteiger partial charge in [-0.1, -0.05) is 13.8 Å². The first-order valence-corrected chi connectivity index (χ1v) is 11.9. The van der Waals surface area contributed by atoms with Crippen LogP contribution in [-0.2, 0) is 14.6 Å². The highest BCUT2D eigenvalue weighted by atomic mass is 32.2. The average Bonchev–Trinajstić information content (AvgIpc) is 3.32. The second-order valence-corrected chi connectivity index (χ2v) is 10.2. The van der Waals surface area contributed by atoms with Crippen LogP contribution in [0.1, 0.15) is 48.3 Å². The first kappa shape index (κ1) is 21.3. The van der Waals surface area contributed by atoms with Gasteiger partial charge in [-0.2, -0.15) is 5.10 Å². The van der Waals surface area contributed by atoms with E-state index in [2.05, 4.69) is 0 Å². The van der Waals surface area contributed by atoms with E-state index in [9.17, 15) is 13.2 Å². The molecule has 1 saturated heterocycles. The summed E-state index contributed by atoms with van der Waals surface area (Å²) >= 11 is 0. The number of pyridine rings is 1. The maximum atomic E-state index is 12.7. The molecule has 31 heavy (non-hydrogen) atoms. The molecule has 1 aromatic carbocycles. The number of aromatic nitrogens is 3. The van der Waals surface area contributed by atoms with Crippen molar-refractivity contribution in [3.05, 3.63) is 41.6 Å². The normalized spacial score (nSPS) is 17.9. The van der Waals surface area contributed by atoms with E-state index in [4.69, 9.17) is 19.6 Å². The van der Waals surface area contributed by atoms with Crippen LogP contribution in [0, 0.1) is 0 Å². The van der Waals surface area contributed by atoms with Crippen LogP contribution in [0.4, 0.5) is 0 Å². The van der Waals surface area contributed by atoms with Gasteiger partial charge < -0.3 is 9.47 Å². The standard InChI is InChI=1S/C22H25N3O5S/c1-13(2)18-11-17(22(26)30-4)19-20(14-5-7-16(29-3)8-6-14)24-25(21(19)23-18)15-9-10-31(27,28)12-15/h5-8,11,13,15H,9-10,12H2,1-4H3. The number of ether oxygens (including phenoxy) is 2. The summed E-state index contributed by atoms with van der Waals surface area (Å²) in [6, 6.07) is 8.74. The van der Waals surface area contributed by atoms with Crippen molar-refractivity contribution in [3.8, 4) is 17.0 Å². The van der Waals surface area contributed by atoms with Gasteiger partial charge >= 0.3 is 5.97 Å². The molecule has 4 rings (SSSR count). The van der Waals surface area contributed by atoms with E-state index >= 15 is 0 Å². The molecule has 1 unspecified atom stereocenters. The quantitative estimate of drug-likeness (QED) is 0.557. The number of fused-ring (bicyclic) bond motifs is 1. The molecule has 0 saturated carbocycles. The van der Waals surface area contributed by atoms with Gasteiger partial charge in [0.1, 0.15) is 11.4 Å². The fourth-order valence-electron chi connectivity index (χ4n) is 3.90. The van der Waals surface area contributed by atoms with E-state index < -0.39 is 15.8 Å². The van der Waals surface area contributed by atoms with Crippen LogP contribution >= 0.6 is 0 Å². The topological polar surface area (TPSA) is 100 Å². The van der Waals surface area contributed by atoms with Crippen LogP contribution in [0.5, 0.6) is 5.75 Å². The molecule has 0 amide bonds. The van der Waals surface area contributed by atoms with Gasteiger partial charge in [0.05, 0.1) is 42.7 Å². The van der Waals surface area contributed by atoms with Gasteiger partial charge in [0.2, 0.25) is 0 Å². The molecule has 8 nitrogen and oxygen atoms in total. The number of hydrogen-bond donors (Lipinski definition) is 0. The molecule has 9 heteroatoms. The number of methoxy groups -OCH3 is 2. The first-order valence-electron chi connectivity index (χ1n) is 10.1. The molecular weight excluding hydrogens is 418 g/mol. The van der Waals surface area contributed by atoms with Crippen molar-refractivity contribution >= 4 is 26.8 Å². The lowest BCUT2D eigenvalue weighted by Crippen LogP contribution is -2.14. The van der Waals surface area contributed by atoms with Crippen LogP contribution < -0.4 is 4.74 Å². The van der Waals surface area contributed by atoms with E-state index in [0.717, 1.165) is 11.3 Å². The Labute approximate surface area is 181 Å². The number of nitrogens with zero attached hydrogens (tertiary/aromatic N) is 3. The molecule has 0 bridgehead atoms. The van der Waals surface area contributed by atoms with E-state index in [0.29, 0.717) is 34.5 Å². The van der Waals surface area contributed by atoms with Crippen molar-refractivity contribution in [2.24, 2.45) is 0 Å². The van der Waals surface area contributed by atoms with Crippen LogP contribution in [0.15, 0.2) is 30.3 Å². The third-order valence-corrected chi connectivity index (χ3v) is 7.35. The number of rotatable bonds is 5. The fourth-order valence-corrected chi connectivity index (χ4v) is 5.59. The lowest BCUT2D eigenvalue weighted by molar-refractivity contribution is 0.0602. The number of sulfone groups is 1. The zero-order valence-corrected chi connectivity index (χ0v) is 18.8. The van der Waals surface area contributed by atoms with E-state index in [-0.39, 0.29) is 23.5 Å². The maximum Gasteiger partial charge on any atom is 0.338 e. The molecule has 1 fully saturated rings. The number of carbonyl (C=O) groups is 1. The minimum atomic E-state index is -3.13. The summed E-state index contributed by atoms with van der Waals surface area (Å²) in [5, 5.41) is 5.34. The Morgan fingerprint density at radius 1 is 1.19 bits per heavy atom. The minimum absolute atomic E-state index is 0.00692. The number of esters is 1. The van der Waals surface area contributed by atoms with Gasteiger partial charge in [0.25, 0.3) is 0 Å². The Morgan fingerprint density at radius 3 is 2.45 bits per heavy atom. The highest BCUT2D eigenvalue weighted by Gasteiger charge is 2.33. The number of carbonyl (C=O) groups excluding carboxylic acids is 1. The monoisotopic (exact) mass is 443 g/mol. The Kier molecular flexibility index (Phi) is 5.47. The van der Waals surface area contributed by atoms with Gasteiger partial charge in [-0.15, -0.1) is 0 Å². The molecule has 0 spiro atoms. The highest BCUT2D eigenvalue weighted by molar-refractivity contribution is 7.91. The molecule has 3 heterocycles. The van der Waals surface area contributed by atoms with E-state index in [1.807, 2.05) is 38.1 Å². The van der Waals surface area contributed by atoms with Crippen molar-refractivity contribution in [2.45, 2.75) is 32.2 Å². The summed E-state index contributed by atoms with van der Waals surface area (Å²) in [5.74, 6) is 0.399. The molecule has 0 aliphatic carbocycles. The van der Waals surface area contributed by atoms with Crippen molar-refractivity contribution in [3.63, 3.8) is 0 Å². The third kappa shape index (κ3) is 3.89. The van der Waals surface area contributed by atoms with Gasteiger partial charge in [-0.3, -0.25) is 0 Å². The molecule has 1 aliphatic heterocycles. The van der Waals surface area contributed by atoms with Crippen molar-refractivity contribution in [2.75, 3.05) is 25.7 Å². The van der Waals surface area contributed by atoms with Gasteiger partial charge in [-0.05, 0) is 42.7 Å². The lowest BCUT2D eigenvalue weighted by Gasteiger charge is -2.12. The summed E-state index contributed by atoms with van der Waals surface area (Å²) in [7, 11) is -0.203. The summed E-state index contributed by atoms with van der Waals surface area (Å²) < 4.78 is 36.3. The smallest absolute Gasteiger partial charge is 0.338 e. The predicted molar refractivity (Wildman–Crippen MR) is 117 cm³/mol. The molecule has 164 valence electrons. The van der Waals surface area contributed by atoms with Gasteiger partial charge in [0.15, 0.2) is 15.5 Å². The molecule has 0 N–H and O–H groups in total. The number of benzene rings is 1. The minimum Gasteiger partial charge on any atom is -0.497 e. The summed E-state index contributed by atoms with van der Waals surface area (Å²) in [4.78, 5) is 17.5. The summed E-state index contributed by atoms with van der Waals surface area (Å²) in [6.07, 6.45) is 0.461. The third-order valence-electron chi connectivity index (χ3n) is 5.60. The van der Waals surface area contributed by atoms with Crippen LogP contribution in [0.25, 0.3) is 22.3 Å². The van der Waals surface area contributed by atoms with E-state index in [1.54, 1.807) is 17.9 Å². The zero-order chi connectivity index (χ0) is 22.3. The molecule has 2 aromatic heterocycles. The van der Waals surface area contributed by atoms with Gasteiger partial charge in [0, 0.05) is 11.3 Å². The summed E-state index contributed by atoms with van der Waals surface area (Å²) in [5.41, 5.74) is 2.92. The van der Waals surface area contributed by atoms with Crippen LogP contribution in [0.2, 0.25) is 0 Å². The van der Waals surface area contributed by atoms with Crippen molar-refractivity contribution in [1.82, 2.24) is 14.8 Å². The Bertz CT molecular complexity index is 1250. The van der Waals surface area contributed by atoms with Crippen LogP contribution in [-0.4, -0.2) is 54.9 Å². The first-order chi connectivity index (χ1) is 14.7. The Balaban J connectivity index is 2.03.